The second-order valence-electron chi connectivity index (χ2n) is 8.57. The smallest absolute Gasteiger partial charge is 0.305 e. The number of aliphatic carboxylic acids is 1. The summed E-state index contributed by atoms with van der Waals surface area (Å²) < 4.78 is 11.5. The van der Waals surface area contributed by atoms with Gasteiger partial charge in [0.15, 0.2) is 23.1 Å². The van der Waals surface area contributed by atoms with Crippen LogP contribution in [0.4, 0.5) is 0 Å². The van der Waals surface area contributed by atoms with Gasteiger partial charge in [-0.05, 0) is 57.2 Å². The van der Waals surface area contributed by atoms with Gasteiger partial charge in [-0.25, -0.2) is 0 Å². The van der Waals surface area contributed by atoms with E-state index in [1.165, 1.54) is 0 Å². The SMILES string of the molecule is CCOc1ccc(C2C3=C(CCCC3=O)N(CCC(=O)O)C3=C2C(=O)CCC3)cc1OCC. The molecule has 7 nitrogen and oxygen atoms in total. The lowest BCUT2D eigenvalue weighted by molar-refractivity contribution is -0.137. The Kier molecular flexibility index (Phi) is 6.86. The van der Waals surface area contributed by atoms with E-state index in [9.17, 15) is 19.5 Å². The molecule has 0 radical (unpaired) electrons. The third kappa shape index (κ3) is 4.41. The molecule has 0 saturated heterocycles. The van der Waals surface area contributed by atoms with Crippen LogP contribution in [0.5, 0.6) is 11.5 Å². The molecule has 0 saturated carbocycles. The summed E-state index contributed by atoms with van der Waals surface area (Å²) in [5.74, 6) is -0.0295. The Hall–Kier alpha value is -3.09. The quantitative estimate of drug-likeness (QED) is 0.625. The maximum absolute atomic E-state index is 13.3. The molecule has 0 unspecified atom stereocenters. The van der Waals surface area contributed by atoms with E-state index >= 15 is 0 Å². The maximum Gasteiger partial charge on any atom is 0.305 e. The van der Waals surface area contributed by atoms with Crippen molar-refractivity contribution >= 4 is 17.5 Å². The highest BCUT2D eigenvalue weighted by Gasteiger charge is 2.43. The first kappa shape index (κ1) is 23.1. The zero-order valence-corrected chi connectivity index (χ0v) is 19.3. The van der Waals surface area contributed by atoms with Crippen molar-refractivity contribution < 1.29 is 29.0 Å². The highest BCUT2D eigenvalue weighted by molar-refractivity contribution is 6.06. The van der Waals surface area contributed by atoms with Crippen LogP contribution in [0.3, 0.4) is 0 Å². The summed E-state index contributed by atoms with van der Waals surface area (Å²) in [6.07, 6.45) is 3.71. The number of hydrogen-bond acceptors (Lipinski definition) is 6. The van der Waals surface area contributed by atoms with Gasteiger partial charge in [0.1, 0.15) is 0 Å². The number of carbonyl (C=O) groups excluding carboxylic acids is 2. The number of allylic oxidation sites excluding steroid dienone is 4. The molecule has 2 aliphatic carbocycles. The molecule has 1 N–H and O–H groups in total. The predicted octanol–water partition coefficient (Wildman–Crippen LogP) is 4.37. The summed E-state index contributed by atoms with van der Waals surface area (Å²) in [6, 6.07) is 5.66. The van der Waals surface area contributed by atoms with E-state index in [0.29, 0.717) is 61.5 Å². The number of Topliss-reactive ketones (excluding diaryl/α,β-unsaturated/α-hetero) is 2. The highest BCUT2D eigenvalue weighted by atomic mass is 16.5. The predicted molar refractivity (Wildman–Crippen MR) is 122 cm³/mol. The van der Waals surface area contributed by atoms with E-state index in [1.54, 1.807) is 0 Å². The maximum atomic E-state index is 13.3. The van der Waals surface area contributed by atoms with Gasteiger partial charge in [0.25, 0.3) is 0 Å². The van der Waals surface area contributed by atoms with E-state index in [4.69, 9.17) is 9.47 Å². The molecule has 0 amide bonds. The zero-order valence-electron chi connectivity index (χ0n) is 19.3. The Balaban J connectivity index is 1.89. The molecule has 3 aliphatic rings. The number of rotatable bonds is 8. The Morgan fingerprint density at radius 3 is 2.06 bits per heavy atom. The topological polar surface area (TPSA) is 93.1 Å². The van der Waals surface area contributed by atoms with E-state index < -0.39 is 11.9 Å². The van der Waals surface area contributed by atoms with Crippen LogP contribution in [0.15, 0.2) is 40.7 Å². The monoisotopic (exact) mass is 453 g/mol. The zero-order chi connectivity index (χ0) is 23.5. The number of carboxylic acids is 1. The summed E-state index contributed by atoms with van der Waals surface area (Å²) in [4.78, 5) is 39.8. The van der Waals surface area contributed by atoms with E-state index in [1.807, 2.05) is 36.9 Å². The van der Waals surface area contributed by atoms with Crippen molar-refractivity contribution in [3.63, 3.8) is 0 Å². The van der Waals surface area contributed by atoms with Crippen molar-refractivity contribution in [2.24, 2.45) is 0 Å². The Morgan fingerprint density at radius 1 is 0.939 bits per heavy atom. The molecule has 1 aliphatic heterocycles. The lowest BCUT2D eigenvalue weighted by Gasteiger charge is -2.44. The molecule has 4 rings (SSSR count). The number of hydrogen-bond donors (Lipinski definition) is 1. The lowest BCUT2D eigenvalue weighted by Crippen LogP contribution is -2.39. The standard InChI is InChI=1S/C26H31NO6/c1-3-32-21-12-11-16(15-22(21)33-4-2)24-25-17(7-5-9-19(25)28)27(14-13-23(30)31)18-8-6-10-20(29)26(18)24/h11-12,15,24H,3-10,13-14H2,1-2H3,(H,30,31). The summed E-state index contributed by atoms with van der Waals surface area (Å²) in [7, 11) is 0. The minimum Gasteiger partial charge on any atom is -0.490 e. The molecular formula is C26H31NO6. The molecule has 0 aromatic heterocycles. The number of carboxylic acid groups (broad SMARTS) is 1. The first-order valence-electron chi connectivity index (χ1n) is 11.9. The van der Waals surface area contributed by atoms with E-state index in [0.717, 1.165) is 29.8 Å². The largest absolute Gasteiger partial charge is 0.490 e. The van der Waals surface area contributed by atoms with Crippen LogP contribution in [0.25, 0.3) is 0 Å². The van der Waals surface area contributed by atoms with Gasteiger partial charge in [-0.1, -0.05) is 6.07 Å². The van der Waals surface area contributed by atoms with Gasteiger partial charge in [-0.2, -0.15) is 0 Å². The van der Waals surface area contributed by atoms with Gasteiger partial charge in [-0.15, -0.1) is 0 Å². The summed E-state index contributed by atoms with van der Waals surface area (Å²) >= 11 is 0. The van der Waals surface area contributed by atoms with Gasteiger partial charge in [-0.3, -0.25) is 14.4 Å². The minimum atomic E-state index is -0.890. The molecule has 7 heteroatoms. The molecule has 0 spiro atoms. The number of carbonyl (C=O) groups is 3. The van der Waals surface area contributed by atoms with Crippen LogP contribution in [-0.2, 0) is 14.4 Å². The highest BCUT2D eigenvalue weighted by Crippen LogP contribution is 2.50. The molecule has 0 atom stereocenters. The third-order valence-electron chi connectivity index (χ3n) is 6.54. The van der Waals surface area contributed by atoms with Crippen molar-refractivity contribution in [2.45, 2.75) is 64.7 Å². The molecule has 1 aromatic rings. The van der Waals surface area contributed by atoms with Crippen molar-refractivity contribution in [3.05, 3.63) is 46.3 Å². The molecule has 1 heterocycles. The van der Waals surface area contributed by atoms with Crippen molar-refractivity contribution in [1.82, 2.24) is 4.90 Å². The van der Waals surface area contributed by atoms with Gasteiger partial charge < -0.3 is 19.5 Å². The average molecular weight is 454 g/mol. The molecule has 0 fully saturated rings. The Labute approximate surface area is 194 Å². The second-order valence-corrected chi connectivity index (χ2v) is 8.57. The second kappa shape index (κ2) is 9.81. The van der Waals surface area contributed by atoms with Crippen molar-refractivity contribution in [1.29, 1.82) is 0 Å². The van der Waals surface area contributed by atoms with Crippen LogP contribution in [0.2, 0.25) is 0 Å². The number of nitrogens with zero attached hydrogens (tertiary/aromatic N) is 1. The molecule has 0 bridgehead atoms. The summed E-state index contributed by atoms with van der Waals surface area (Å²) in [5, 5.41) is 9.30. The fourth-order valence-corrected chi connectivity index (χ4v) is 5.27. The van der Waals surface area contributed by atoms with Crippen LogP contribution in [0, 0.1) is 0 Å². The van der Waals surface area contributed by atoms with Crippen LogP contribution in [0.1, 0.15) is 70.3 Å². The minimum absolute atomic E-state index is 0.0401. The number of benzene rings is 1. The van der Waals surface area contributed by atoms with Gasteiger partial charge in [0.05, 0.1) is 19.6 Å². The van der Waals surface area contributed by atoms with Crippen LogP contribution >= 0.6 is 0 Å². The summed E-state index contributed by atoms with van der Waals surface area (Å²) in [6.45, 7) is 5.06. The van der Waals surface area contributed by atoms with Gasteiger partial charge in [0, 0.05) is 47.8 Å². The molecular weight excluding hydrogens is 422 g/mol. The van der Waals surface area contributed by atoms with Gasteiger partial charge in [0.2, 0.25) is 0 Å². The number of ether oxygens (including phenoxy) is 2. The Bertz CT molecular complexity index is 993. The fourth-order valence-electron chi connectivity index (χ4n) is 5.27. The van der Waals surface area contributed by atoms with Gasteiger partial charge >= 0.3 is 5.97 Å². The van der Waals surface area contributed by atoms with Crippen LogP contribution in [-0.4, -0.2) is 47.3 Å². The van der Waals surface area contributed by atoms with Crippen molar-refractivity contribution in [3.8, 4) is 11.5 Å². The first-order valence-corrected chi connectivity index (χ1v) is 11.9. The fraction of sp³-hybridized carbons (Fsp3) is 0.500. The molecule has 33 heavy (non-hydrogen) atoms. The lowest BCUT2D eigenvalue weighted by atomic mass is 9.71. The van der Waals surface area contributed by atoms with E-state index in [2.05, 4.69) is 0 Å². The van der Waals surface area contributed by atoms with E-state index in [-0.39, 0.29) is 24.5 Å². The average Bonchev–Trinajstić information content (AvgIpc) is 2.79. The molecule has 1 aromatic carbocycles. The van der Waals surface area contributed by atoms with Crippen LogP contribution < -0.4 is 9.47 Å². The normalized spacial score (nSPS) is 18.9. The summed E-state index contributed by atoms with van der Waals surface area (Å²) in [5.41, 5.74) is 3.90. The number of ketones is 2. The third-order valence-corrected chi connectivity index (χ3v) is 6.54. The molecule has 176 valence electrons. The van der Waals surface area contributed by atoms with Crippen molar-refractivity contribution in [2.75, 3.05) is 19.8 Å². The first-order chi connectivity index (χ1) is 16.0. The Morgan fingerprint density at radius 2 is 1.52 bits per heavy atom.